The number of allylic oxidation sites excluding steroid dienone is 1. The van der Waals surface area contributed by atoms with E-state index >= 15 is 0 Å². The minimum Gasteiger partial charge on any atom is -0.464 e. The van der Waals surface area contributed by atoms with Gasteiger partial charge in [-0.1, -0.05) is 66.7 Å². The van der Waals surface area contributed by atoms with Crippen LogP contribution in [-0.2, 0) is 46.5 Å². The Bertz CT molecular complexity index is 1440. The molecule has 0 bridgehead atoms. The molecule has 3 rings (SSSR count). The van der Waals surface area contributed by atoms with Crippen LogP contribution in [0.25, 0.3) is 0 Å². The number of imide groups is 1. The van der Waals surface area contributed by atoms with E-state index < -0.39 is 59.2 Å². The van der Waals surface area contributed by atoms with Crippen molar-refractivity contribution >= 4 is 30.2 Å². The number of amides is 3. The molecule has 12 nitrogen and oxygen atoms in total. The largest absolute Gasteiger partial charge is 0.464 e. The number of carbonyl (C=O) groups excluding carboxylic acids is 5. The molecule has 260 valence electrons. The van der Waals surface area contributed by atoms with Gasteiger partial charge in [0.1, 0.15) is 36.2 Å². The van der Waals surface area contributed by atoms with Gasteiger partial charge in [-0.15, -0.1) is 0 Å². The Morgan fingerprint density at radius 1 is 0.771 bits per heavy atom. The number of nitrogens with zero attached hydrogens (tertiary/aromatic N) is 2. The minimum atomic E-state index is -1.14. The minimum absolute atomic E-state index is 0.00622. The van der Waals surface area contributed by atoms with Crippen LogP contribution in [0.2, 0.25) is 0 Å². The SMILES string of the molecule is COC(=O)/C(=C\CC[C@H]1CC[C@@H](C(=O)OC(C)(C)C)N1C(=O)OCc1ccccc1)N(C(=O)OCc1ccccc1)C(=O)OC(C)(C)C. The van der Waals surface area contributed by atoms with E-state index in [1.807, 2.05) is 30.3 Å². The summed E-state index contributed by atoms with van der Waals surface area (Å²) in [5.74, 6) is -1.53. The summed E-state index contributed by atoms with van der Waals surface area (Å²) in [6.45, 7) is 9.93. The molecule has 0 N–H and O–H groups in total. The lowest BCUT2D eigenvalue weighted by molar-refractivity contribution is -0.160. The highest BCUT2D eigenvalue weighted by Crippen LogP contribution is 2.31. The number of benzene rings is 2. The summed E-state index contributed by atoms with van der Waals surface area (Å²) in [7, 11) is 1.12. The molecule has 0 unspecified atom stereocenters. The standard InChI is InChI=1S/C36H46N2O10/c1-35(2,3)47-31(40)29-22-21-27(37(29)32(41)45-23-25-15-10-8-11-16-25)19-14-20-28(30(39)44-7)38(34(43)48-36(4,5)6)33(42)46-24-26-17-12-9-13-18-26/h8-13,15-18,20,27,29H,14,19,21-24H2,1-7H3/b28-20+/t27-,29-/m0/s1. The predicted molar refractivity (Wildman–Crippen MR) is 175 cm³/mol. The van der Waals surface area contributed by atoms with Gasteiger partial charge in [0, 0.05) is 6.04 Å². The number of methoxy groups -OCH3 is 1. The summed E-state index contributed by atoms with van der Waals surface area (Å²) in [6.07, 6.45) is -0.464. The van der Waals surface area contributed by atoms with Crippen LogP contribution in [-0.4, -0.2) is 70.4 Å². The van der Waals surface area contributed by atoms with Crippen molar-refractivity contribution in [3.8, 4) is 0 Å². The van der Waals surface area contributed by atoms with Crippen molar-refractivity contribution in [3.63, 3.8) is 0 Å². The van der Waals surface area contributed by atoms with Gasteiger partial charge < -0.3 is 23.7 Å². The van der Waals surface area contributed by atoms with Crippen LogP contribution >= 0.6 is 0 Å². The van der Waals surface area contributed by atoms with E-state index in [1.165, 1.54) is 11.0 Å². The topological polar surface area (TPSA) is 138 Å². The van der Waals surface area contributed by atoms with Crippen LogP contribution < -0.4 is 0 Å². The van der Waals surface area contributed by atoms with E-state index in [1.54, 1.807) is 71.9 Å². The van der Waals surface area contributed by atoms with Gasteiger partial charge in [-0.25, -0.2) is 24.0 Å². The zero-order valence-electron chi connectivity index (χ0n) is 28.7. The normalized spacial score (nSPS) is 16.5. The second kappa shape index (κ2) is 16.8. The average Bonchev–Trinajstić information content (AvgIpc) is 3.45. The first-order valence-electron chi connectivity index (χ1n) is 15.8. The maximum absolute atomic E-state index is 13.4. The Labute approximate surface area is 281 Å². The first kappa shape index (κ1) is 37.6. The van der Waals surface area contributed by atoms with Gasteiger partial charge in [0.15, 0.2) is 0 Å². The fraction of sp³-hybridized carbons (Fsp3) is 0.472. The Morgan fingerprint density at radius 2 is 1.31 bits per heavy atom. The van der Waals surface area contributed by atoms with Gasteiger partial charge >= 0.3 is 30.2 Å². The van der Waals surface area contributed by atoms with Crippen LogP contribution in [0.4, 0.5) is 14.4 Å². The first-order chi connectivity index (χ1) is 22.6. The van der Waals surface area contributed by atoms with Crippen molar-refractivity contribution in [3.05, 3.63) is 83.6 Å². The summed E-state index contributed by atoms with van der Waals surface area (Å²) in [4.78, 5) is 68.1. The lowest BCUT2D eigenvalue weighted by atomic mass is 10.1. The van der Waals surface area contributed by atoms with E-state index in [2.05, 4.69) is 0 Å². The third-order valence-electron chi connectivity index (χ3n) is 7.03. The number of esters is 2. The molecule has 0 radical (unpaired) electrons. The molecule has 0 aliphatic carbocycles. The Hall–Kier alpha value is -4.87. The second-order valence-electron chi connectivity index (χ2n) is 13.2. The molecule has 1 aliphatic rings. The van der Waals surface area contributed by atoms with Crippen molar-refractivity contribution < 1.29 is 47.7 Å². The fourth-order valence-corrected chi connectivity index (χ4v) is 4.98. The molecule has 48 heavy (non-hydrogen) atoms. The van der Waals surface area contributed by atoms with Gasteiger partial charge in [0.05, 0.1) is 7.11 Å². The van der Waals surface area contributed by atoms with Crippen LogP contribution in [0, 0.1) is 0 Å². The highest BCUT2D eigenvalue weighted by Gasteiger charge is 2.43. The molecule has 0 aromatic heterocycles. The lowest BCUT2D eigenvalue weighted by Crippen LogP contribution is -2.47. The molecule has 1 heterocycles. The summed E-state index contributed by atoms with van der Waals surface area (Å²) >= 11 is 0. The maximum Gasteiger partial charge on any atom is 0.424 e. The highest BCUT2D eigenvalue weighted by atomic mass is 16.6. The molecule has 3 amide bonds. The van der Waals surface area contributed by atoms with E-state index in [-0.39, 0.29) is 26.1 Å². The van der Waals surface area contributed by atoms with Crippen LogP contribution in [0.15, 0.2) is 72.4 Å². The van der Waals surface area contributed by atoms with Crippen LogP contribution in [0.3, 0.4) is 0 Å². The van der Waals surface area contributed by atoms with Gasteiger partial charge in [-0.05, 0) is 78.4 Å². The number of hydrogen-bond donors (Lipinski definition) is 0. The fourth-order valence-electron chi connectivity index (χ4n) is 4.98. The Balaban J connectivity index is 1.86. The quantitative estimate of drug-likeness (QED) is 0.149. The monoisotopic (exact) mass is 666 g/mol. The molecule has 2 aromatic carbocycles. The van der Waals surface area contributed by atoms with Crippen molar-refractivity contribution in [1.82, 2.24) is 9.80 Å². The van der Waals surface area contributed by atoms with Crippen LogP contribution in [0.5, 0.6) is 0 Å². The first-order valence-corrected chi connectivity index (χ1v) is 15.8. The van der Waals surface area contributed by atoms with Gasteiger partial charge in [-0.3, -0.25) is 4.90 Å². The number of rotatable bonds is 10. The molecule has 1 aliphatic heterocycles. The van der Waals surface area contributed by atoms with E-state index in [0.717, 1.165) is 12.7 Å². The van der Waals surface area contributed by atoms with Crippen molar-refractivity contribution in [2.24, 2.45) is 0 Å². The predicted octanol–water partition coefficient (Wildman–Crippen LogP) is 6.91. The van der Waals surface area contributed by atoms with E-state index in [9.17, 15) is 24.0 Å². The van der Waals surface area contributed by atoms with Crippen molar-refractivity contribution in [2.75, 3.05) is 7.11 Å². The van der Waals surface area contributed by atoms with Crippen molar-refractivity contribution in [1.29, 1.82) is 0 Å². The van der Waals surface area contributed by atoms with Gasteiger partial charge in [0.25, 0.3) is 0 Å². The molecule has 1 fully saturated rings. The molecular weight excluding hydrogens is 620 g/mol. The molecule has 1 saturated heterocycles. The average molecular weight is 667 g/mol. The third-order valence-corrected chi connectivity index (χ3v) is 7.03. The molecule has 0 saturated carbocycles. The smallest absolute Gasteiger partial charge is 0.424 e. The lowest BCUT2D eigenvalue weighted by Gasteiger charge is -2.30. The number of likely N-dealkylation sites (tertiary alicyclic amines) is 1. The summed E-state index contributed by atoms with van der Waals surface area (Å²) in [6, 6.07) is 16.6. The number of carbonyl (C=O) groups is 5. The molecule has 12 heteroatoms. The van der Waals surface area contributed by atoms with E-state index in [4.69, 9.17) is 23.7 Å². The second-order valence-corrected chi connectivity index (χ2v) is 13.2. The number of hydrogen-bond acceptors (Lipinski definition) is 10. The van der Waals surface area contributed by atoms with Gasteiger partial charge in [0.2, 0.25) is 0 Å². The molecule has 2 aromatic rings. The zero-order valence-corrected chi connectivity index (χ0v) is 28.7. The van der Waals surface area contributed by atoms with E-state index in [0.29, 0.717) is 23.3 Å². The molecular formula is C36H46N2O10. The maximum atomic E-state index is 13.4. The zero-order chi connectivity index (χ0) is 35.5. The highest BCUT2D eigenvalue weighted by molar-refractivity contribution is 6.01. The van der Waals surface area contributed by atoms with Crippen LogP contribution in [0.1, 0.15) is 78.4 Å². The Morgan fingerprint density at radius 3 is 1.83 bits per heavy atom. The summed E-state index contributed by atoms with van der Waals surface area (Å²) in [5, 5.41) is 0. The third kappa shape index (κ3) is 11.4. The summed E-state index contributed by atoms with van der Waals surface area (Å²) in [5.41, 5.74) is -0.740. The Kier molecular flexibility index (Phi) is 13.2. The summed E-state index contributed by atoms with van der Waals surface area (Å²) < 4.78 is 27.0. The molecule has 0 spiro atoms. The molecule has 2 atom stereocenters. The van der Waals surface area contributed by atoms with Crippen molar-refractivity contribution in [2.45, 2.75) is 104 Å². The number of ether oxygens (including phenoxy) is 5. The van der Waals surface area contributed by atoms with Gasteiger partial charge in [-0.2, -0.15) is 4.90 Å².